The number of hydrogen-bond acceptors (Lipinski definition) is 5. The van der Waals surface area contributed by atoms with Crippen LogP contribution in [-0.4, -0.2) is 62.7 Å². The summed E-state index contributed by atoms with van der Waals surface area (Å²) in [6.45, 7) is 6.84. The van der Waals surface area contributed by atoms with Gasteiger partial charge >= 0.3 is 0 Å². The molecule has 3 aromatic carbocycles. The van der Waals surface area contributed by atoms with Gasteiger partial charge in [0.25, 0.3) is 0 Å². The van der Waals surface area contributed by atoms with E-state index in [4.69, 9.17) is 11.6 Å². The van der Waals surface area contributed by atoms with Gasteiger partial charge in [0, 0.05) is 56.4 Å². The monoisotopic (exact) mass is 498 g/mol. The van der Waals surface area contributed by atoms with Crippen LogP contribution < -0.4 is 0 Å². The van der Waals surface area contributed by atoms with Crippen molar-refractivity contribution < 1.29 is 0 Å². The highest BCUT2D eigenvalue weighted by Gasteiger charge is 2.19. The molecule has 6 nitrogen and oxygen atoms in total. The molecule has 1 aromatic heterocycles. The molecule has 184 valence electrons. The average molecular weight is 499 g/mol. The highest BCUT2D eigenvalue weighted by molar-refractivity contribution is 6.30. The molecule has 0 spiro atoms. The molecule has 0 atom stereocenters. The molecule has 4 aromatic rings. The number of benzene rings is 3. The van der Waals surface area contributed by atoms with Crippen LogP contribution in [0.15, 0.2) is 84.9 Å². The number of nitrogens with zero attached hydrogens (tertiary/aromatic N) is 6. The van der Waals surface area contributed by atoms with Gasteiger partial charge in [-0.25, -0.2) is 4.68 Å². The molecule has 1 aliphatic heterocycles. The van der Waals surface area contributed by atoms with E-state index in [1.807, 2.05) is 16.8 Å². The maximum atomic E-state index is 6.02. The first-order valence-corrected chi connectivity index (χ1v) is 12.9. The smallest absolute Gasteiger partial charge is 0.182 e. The molecule has 1 fully saturated rings. The van der Waals surface area contributed by atoms with Crippen molar-refractivity contribution in [2.24, 2.45) is 0 Å². The van der Waals surface area contributed by atoms with Gasteiger partial charge in [0.1, 0.15) is 0 Å². The van der Waals surface area contributed by atoms with E-state index in [1.165, 1.54) is 16.7 Å². The normalized spacial score (nSPS) is 15.0. The van der Waals surface area contributed by atoms with Gasteiger partial charge in [0.15, 0.2) is 5.82 Å². The second kappa shape index (κ2) is 12.1. The van der Waals surface area contributed by atoms with Crippen LogP contribution in [0.4, 0.5) is 0 Å². The third kappa shape index (κ3) is 6.46. The predicted octanol–water partition coefficient (Wildman–Crippen LogP) is 5.07. The topological polar surface area (TPSA) is 50.1 Å². The van der Waals surface area contributed by atoms with Crippen LogP contribution in [0.3, 0.4) is 0 Å². The zero-order valence-electron chi connectivity index (χ0n) is 20.4. The van der Waals surface area contributed by atoms with Crippen LogP contribution in [0, 0.1) is 0 Å². The lowest BCUT2D eigenvalue weighted by molar-refractivity contribution is 0.137. The maximum Gasteiger partial charge on any atom is 0.182 e. The minimum absolute atomic E-state index is 0.716. The average Bonchev–Trinajstić information content (AvgIpc) is 3.39. The second-order valence-corrected chi connectivity index (χ2v) is 9.59. The van der Waals surface area contributed by atoms with E-state index in [1.54, 1.807) is 0 Å². The number of tetrazole rings is 1. The van der Waals surface area contributed by atoms with Crippen molar-refractivity contribution in [1.29, 1.82) is 0 Å². The van der Waals surface area contributed by atoms with Crippen molar-refractivity contribution in [3.05, 3.63) is 107 Å². The molecule has 0 unspecified atom stereocenters. The van der Waals surface area contributed by atoms with Crippen molar-refractivity contribution in [2.75, 3.05) is 32.7 Å². The molecule has 0 saturated carbocycles. The molecule has 0 amide bonds. The summed E-state index contributed by atoms with van der Waals surface area (Å²) in [6, 6.07) is 26.9. The fourth-order valence-corrected chi connectivity index (χ4v) is 4.71. The van der Waals surface area contributed by atoms with E-state index in [2.05, 4.69) is 104 Å². The summed E-state index contributed by atoms with van der Waals surface area (Å²) in [7, 11) is 0. The first-order valence-electron chi connectivity index (χ1n) is 12.5. The van der Waals surface area contributed by atoms with Gasteiger partial charge in [-0.3, -0.25) is 9.80 Å². The molecule has 2 heterocycles. The van der Waals surface area contributed by atoms with Crippen molar-refractivity contribution in [3.8, 4) is 11.4 Å². The Morgan fingerprint density at radius 3 is 2.33 bits per heavy atom. The Bertz CT molecular complexity index is 1260. The van der Waals surface area contributed by atoms with Gasteiger partial charge in [-0.15, -0.1) is 5.10 Å². The van der Waals surface area contributed by atoms with Crippen molar-refractivity contribution in [1.82, 2.24) is 30.0 Å². The van der Waals surface area contributed by atoms with Gasteiger partial charge in [0.2, 0.25) is 0 Å². The zero-order chi connectivity index (χ0) is 24.6. The van der Waals surface area contributed by atoms with E-state index in [-0.39, 0.29) is 0 Å². The molecule has 36 heavy (non-hydrogen) atoms. The summed E-state index contributed by atoms with van der Waals surface area (Å²) >= 11 is 6.02. The molecule has 0 radical (unpaired) electrons. The number of hydrogen-bond donors (Lipinski definition) is 0. The van der Waals surface area contributed by atoms with Gasteiger partial charge in [-0.2, -0.15) is 0 Å². The Morgan fingerprint density at radius 1 is 0.806 bits per heavy atom. The molecule has 0 N–H and O–H groups in total. The largest absolute Gasteiger partial charge is 0.297 e. The van der Waals surface area contributed by atoms with Gasteiger partial charge in [-0.05, 0) is 45.7 Å². The van der Waals surface area contributed by atoms with Crippen LogP contribution in [0.5, 0.6) is 0 Å². The van der Waals surface area contributed by atoms with Crippen LogP contribution in [0.25, 0.3) is 17.5 Å². The standard InChI is InChI=1S/C29H31ClN6/c30-27-14-12-25(13-15-27)16-18-36-29(31-32-33-36)28-11-5-4-10-26(28)23-35-21-19-34(20-22-35)17-6-9-24-7-2-1-3-8-24/h1-15H,16-23H2. The SMILES string of the molecule is Clc1ccc(CCn2nnnc2-c2ccccc2CN2CCN(CC=Cc3ccccc3)CC2)cc1. The molecule has 0 bridgehead atoms. The van der Waals surface area contributed by atoms with Crippen molar-refractivity contribution in [2.45, 2.75) is 19.5 Å². The summed E-state index contributed by atoms with van der Waals surface area (Å²) in [5, 5.41) is 13.4. The van der Waals surface area contributed by atoms with Crippen LogP contribution in [0.2, 0.25) is 5.02 Å². The van der Waals surface area contributed by atoms with Crippen LogP contribution in [-0.2, 0) is 19.5 Å². The Morgan fingerprint density at radius 2 is 1.53 bits per heavy atom. The number of piperazine rings is 1. The number of rotatable bonds is 9. The minimum atomic E-state index is 0.716. The Balaban J connectivity index is 1.18. The highest BCUT2D eigenvalue weighted by atomic mass is 35.5. The van der Waals surface area contributed by atoms with E-state index >= 15 is 0 Å². The number of halogens is 1. The van der Waals surface area contributed by atoms with Crippen molar-refractivity contribution in [3.63, 3.8) is 0 Å². The highest BCUT2D eigenvalue weighted by Crippen LogP contribution is 2.23. The van der Waals surface area contributed by atoms with Gasteiger partial charge < -0.3 is 0 Å². The fraction of sp³-hybridized carbons (Fsp3) is 0.276. The third-order valence-electron chi connectivity index (χ3n) is 6.65. The summed E-state index contributed by atoms with van der Waals surface area (Å²) in [5.74, 6) is 0.823. The summed E-state index contributed by atoms with van der Waals surface area (Å²) in [4.78, 5) is 5.04. The quantitative estimate of drug-likeness (QED) is 0.322. The minimum Gasteiger partial charge on any atom is -0.297 e. The molecule has 1 aliphatic rings. The van der Waals surface area contributed by atoms with Crippen LogP contribution in [0.1, 0.15) is 16.7 Å². The summed E-state index contributed by atoms with van der Waals surface area (Å²) in [5.41, 5.74) is 4.83. The Hall–Kier alpha value is -3.32. The van der Waals surface area contributed by atoms with E-state index in [0.717, 1.165) is 62.1 Å². The molecular weight excluding hydrogens is 468 g/mol. The first-order chi connectivity index (χ1) is 17.7. The second-order valence-electron chi connectivity index (χ2n) is 9.15. The third-order valence-corrected chi connectivity index (χ3v) is 6.90. The maximum absolute atomic E-state index is 6.02. The lowest BCUT2D eigenvalue weighted by Crippen LogP contribution is -2.45. The predicted molar refractivity (Wildman–Crippen MR) is 146 cm³/mol. The number of aryl methyl sites for hydroxylation is 2. The van der Waals surface area contributed by atoms with E-state index in [9.17, 15) is 0 Å². The first kappa shape index (κ1) is 24.4. The summed E-state index contributed by atoms with van der Waals surface area (Å²) in [6.07, 6.45) is 5.32. The lowest BCUT2D eigenvalue weighted by atomic mass is 10.1. The van der Waals surface area contributed by atoms with E-state index in [0.29, 0.717) is 6.54 Å². The Labute approximate surface area is 217 Å². The van der Waals surface area contributed by atoms with Crippen LogP contribution >= 0.6 is 11.6 Å². The molecular formula is C29H31ClN6. The Kier molecular flexibility index (Phi) is 8.18. The van der Waals surface area contributed by atoms with Gasteiger partial charge in [-0.1, -0.05) is 90.5 Å². The number of aromatic nitrogens is 4. The molecule has 5 rings (SSSR count). The van der Waals surface area contributed by atoms with Gasteiger partial charge in [0.05, 0.1) is 0 Å². The summed E-state index contributed by atoms with van der Waals surface area (Å²) < 4.78 is 1.91. The molecule has 0 aliphatic carbocycles. The lowest BCUT2D eigenvalue weighted by Gasteiger charge is -2.34. The van der Waals surface area contributed by atoms with Crippen molar-refractivity contribution >= 4 is 17.7 Å². The molecule has 1 saturated heterocycles. The van der Waals surface area contributed by atoms with E-state index < -0.39 is 0 Å². The zero-order valence-corrected chi connectivity index (χ0v) is 21.1. The fourth-order valence-electron chi connectivity index (χ4n) is 4.58. The molecule has 7 heteroatoms.